The van der Waals surface area contributed by atoms with Crippen LogP contribution in [0, 0.1) is 6.92 Å². The molecule has 142 valence electrons. The molecule has 0 aliphatic heterocycles. The van der Waals surface area contributed by atoms with Gasteiger partial charge in [0.1, 0.15) is 6.26 Å². The highest BCUT2D eigenvalue weighted by Gasteiger charge is 2.26. The topological polar surface area (TPSA) is 89.7 Å². The Hall–Kier alpha value is -2.19. The number of esters is 1. The molecule has 0 fully saturated rings. The number of oxazole rings is 1. The number of nitrogens with zero attached hydrogens (tertiary/aromatic N) is 2. The number of hydrogen-bond donors (Lipinski definition) is 0. The van der Waals surface area contributed by atoms with Crippen LogP contribution in [0.5, 0.6) is 0 Å². The Bertz CT molecular complexity index is 828. The summed E-state index contributed by atoms with van der Waals surface area (Å²) < 4.78 is 37.2. The van der Waals surface area contributed by atoms with Gasteiger partial charge >= 0.3 is 5.97 Å². The minimum atomic E-state index is -3.70. The number of benzene rings is 1. The van der Waals surface area contributed by atoms with E-state index in [0.29, 0.717) is 6.54 Å². The number of rotatable bonds is 9. The number of aromatic nitrogens is 1. The molecule has 0 bridgehead atoms. The molecule has 0 atom stereocenters. The smallest absolute Gasteiger partial charge is 0.360 e. The van der Waals surface area contributed by atoms with E-state index in [1.807, 2.05) is 6.92 Å². The van der Waals surface area contributed by atoms with Crippen LogP contribution in [0.25, 0.3) is 0 Å². The third-order valence-electron chi connectivity index (χ3n) is 3.93. The lowest BCUT2D eigenvalue weighted by molar-refractivity contribution is 0.0594. The molecule has 2 rings (SSSR count). The van der Waals surface area contributed by atoms with Gasteiger partial charge in [-0.15, -0.1) is 0 Å². The van der Waals surface area contributed by atoms with Gasteiger partial charge in [0.05, 0.1) is 18.6 Å². The monoisotopic (exact) mass is 380 g/mol. The van der Waals surface area contributed by atoms with Crippen molar-refractivity contribution in [3.05, 3.63) is 47.7 Å². The van der Waals surface area contributed by atoms with E-state index in [1.165, 1.54) is 17.7 Å². The van der Waals surface area contributed by atoms with Gasteiger partial charge in [-0.25, -0.2) is 18.2 Å². The molecule has 0 N–H and O–H groups in total. The van der Waals surface area contributed by atoms with Crippen molar-refractivity contribution in [3.63, 3.8) is 0 Å². The SMILES string of the molecule is CCCCCN(Cc1nc(C(=O)OC)co1)S(=O)(=O)c1ccc(C)cc1. The van der Waals surface area contributed by atoms with E-state index in [0.717, 1.165) is 24.8 Å². The third-order valence-corrected chi connectivity index (χ3v) is 5.79. The maximum absolute atomic E-state index is 13.0. The highest BCUT2D eigenvalue weighted by atomic mass is 32.2. The van der Waals surface area contributed by atoms with Gasteiger partial charge in [-0.05, 0) is 25.5 Å². The minimum absolute atomic E-state index is 0.0174. The number of unbranched alkanes of at least 4 members (excludes halogenated alkanes) is 2. The molecule has 0 saturated carbocycles. The second kappa shape index (κ2) is 8.95. The van der Waals surface area contributed by atoms with Crippen molar-refractivity contribution < 1.29 is 22.4 Å². The molecular formula is C18H24N2O5S. The lowest BCUT2D eigenvalue weighted by Gasteiger charge is -2.21. The van der Waals surface area contributed by atoms with Gasteiger partial charge in [0.15, 0.2) is 5.69 Å². The molecule has 0 spiro atoms. The zero-order valence-corrected chi connectivity index (χ0v) is 16.1. The Balaban J connectivity index is 2.26. The zero-order chi connectivity index (χ0) is 19.2. The summed E-state index contributed by atoms with van der Waals surface area (Å²) in [5, 5.41) is 0. The number of hydrogen-bond acceptors (Lipinski definition) is 6. The predicted octanol–water partition coefficient (Wildman–Crippen LogP) is 3.15. The third kappa shape index (κ3) is 4.92. The van der Waals surface area contributed by atoms with E-state index >= 15 is 0 Å². The summed E-state index contributed by atoms with van der Waals surface area (Å²) in [6, 6.07) is 6.70. The van der Waals surface area contributed by atoms with Crippen molar-refractivity contribution >= 4 is 16.0 Å². The second-order valence-electron chi connectivity index (χ2n) is 5.98. The highest BCUT2D eigenvalue weighted by Crippen LogP contribution is 2.20. The summed E-state index contributed by atoms with van der Waals surface area (Å²) in [5.41, 5.74) is 1.00. The Kier molecular flexibility index (Phi) is 6.93. The number of carbonyl (C=O) groups is 1. The standard InChI is InChI=1S/C18H24N2O5S/c1-4-5-6-11-20(12-17-19-16(13-25-17)18(21)24-3)26(22,23)15-9-7-14(2)8-10-15/h7-10,13H,4-6,11-12H2,1-3H3. The molecule has 0 aliphatic carbocycles. The molecule has 0 aliphatic rings. The molecule has 0 radical (unpaired) electrons. The first-order valence-corrected chi connectivity index (χ1v) is 9.92. The fourth-order valence-corrected chi connectivity index (χ4v) is 3.84. The summed E-state index contributed by atoms with van der Waals surface area (Å²) in [6.07, 6.45) is 3.79. The number of ether oxygens (including phenoxy) is 1. The second-order valence-corrected chi connectivity index (χ2v) is 7.91. The van der Waals surface area contributed by atoms with Gasteiger partial charge in [0, 0.05) is 6.54 Å². The van der Waals surface area contributed by atoms with Gasteiger partial charge in [0.25, 0.3) is 0 Å². The van der Waals surface area contributed by atoms with Gasteiger partial charge in [-0.3, -0.25) is 0 Å². The Morgan fingerprint density at radius 2 is 1.92 bits per heavy atom. The number of methoxy groups -OCH3 is 1. The first kappa shape index (κ1) is 20.1. The zero-order valence-electron chi connectivity index (χ0n) is 15.3. The molecule has 26 heavy (non-hydrogen) atoms. The quantitative estimate of drug-likeness (QED) is 0.490. The Morgan fingerprint density at radius 3 is 2.54 bits per heavy atom. The van der Waals surface area contributed by atoms with Crippen molar-refractivity contribution in [2.75, 3.05) is 13.7 Å². The first-order chi connectivity index (χ1) is 12.4. The molecule has 0 saturated heterocycles. The molecule has 2 aromatic rings. The molecule has 1 aromatic heterocycles. The largest absolute Gasteiger partial charge is 0.464 e. The highest BCUT2D eigenvalue weighted by molar-refractivity contribution is 7.89. The summed E-state index contributed by atoms with van der Waals surface area (Å²) in [6.45, 7) is 4.25. The predicted molar refractivity (Wildman–Crippen MR) is 96.1 cm³/mol. The molecule has 1 heterocycles. The fraction of sp³-hybridized carbons (Fsp3) is 0.444. The van der Waals surface area contributed by atoms with Crippen LogP contribution in [-0.2, 0) is 21.3 Å². The molecule has 7 nitrogen and oxygen atoms in total. The summed E-state index contributed by atoms with van der Waals surface area (Å²) in [5.74, 6) is -0.475. The minimum Gasteiger partial charge on any atom is -0.464 e. The normalized spacial score (nSPS) is 11.7. The van der Waals surface area contributed by atoms with Crippen molar-refractivity contribution in [1.82, 2.24) is 9.29 Å². The Labute approximate surface area is 154 Å². The lowest BCUT2D eigenvalue weighted by Crippen LogP contribution is -2.32. The fourth-order valence-electron chi connectivity index (χ4n) is 2.41. The van der Waals surface area contributed by atoms with Crippen LogP contribution < -0.4 is 0 Å². The van der Waals surface area contributed by atoms with Crippen LogP contribution in [0.2, 0.25) is 0 Å². The van der Waals surface area contributed by atoms with Gasteiger partial charge in [-0.1, -0.05) is 37.5 Å². The number of sulfonamides is 1. The van der Waals surface area contributed by atoms with Crippen molar-refractivity contribution in [2.45, 2.75) is 44.6 Å². The average molecular weight is 380 g/mol. The van der Waals surface area contributed by atoms with Crippen LogP contribution in [0.4, 0.5) is 0 Å². The number of aryl methyl sites for hydroxylation is 1. The molecule has 0 unspecified atom stereocenters. The average Bonchev–Trinajstić information content (AvgIpc) is 3.09. The molecule has 1 aromatic carbocycles. The molecular weight excluding hydrogens is 356 g/mol. The summed E-state index contributed by atoms with van der Waals surface area (Å²) in [7, 11) is -2.45. The van der Waals surface area contributed by atoms with E-state index < -0.39 is 16.0 Å². The molecule has 8 heteroatoms. The number of carbonyl (C=O) groups excluding carboxylic acids is 1. The van der Waals surface area contributed by atoms with Gasteiger partial charge in [0.2, 0.25) is 15.9 Å². The van der Waals surface area contributed by atoms with E-state index in [2.05, 4.69) is 16.6 Å². The first-order valence-electron chi connectivity index (χ1n) is 8.48. The Morgan fingerprint density at radius 1 is 1.23 bits per heavy atom. The lowest BCUT2D eigenvalue weighted by atomic mass is 10.2. The van der Waals surface area contributed by atoms with Gasteiger partial charge < -0.3 is 9.15 Å². The van der Waals surface area contributed by atoms with E-state index in [1.54, 1.807) is 24.3 Å². The van der Waals surface area contributed by atoms with Crippen LogP contribution in [0.3, 0.4) is 0 Å². The van der Waals surface area contributed by atoms with Crippen molar-refractivity contribution in [1.29, 1.82) is 0 Å². The van der Waals surface area contributed by atoms with Crippen LogP contribution >= 0.6 is 0 Å². The van der Waals surface area contributed by atoms with E-state index in [9.17, 15) is 13.2 Å². The van der Waals surface area contributed by atoms with E-state index in [-0.39, 0.29) is 23.0 Å². The van der Waals surface area contributed by atoms with Crippen LogP contribution in [-0.4, -0.2) is 37.3 Å². The van der Waals surface area contributed by atoms with Crippen LogP contribution in [0.15, 0.2) is 39.8 Å². The summed E-state index contributed by atoms with van der Waals surface area (Å²) >= 11 is 0. The van der Waals surface area contributed by atoms with Crippen molar-refractivity contribution in [3.8, 4) is 0 Å². The van der Waals surface area contributed by atoms with Crippen molar-refractivity contribution in [2.24, 2.45) is 0 Å². The molecule has 0 amide bonds. The van der Waals surface area contributed by atoms with E-state index in [4.69, 9.17) is 4.42 Å². The van der Waals surface area contributed by atoms with Gasteiger partial charge in [-0.2, -0.15) is 4.31 Å². The maximum atomic E-state index is 13.0. The maximum Gasteiger partial charge on any atom is 0.360 e. The van der Waals surface area contributed by atoms with Crippen LogP contribution in [0.1, 0.15) is 48.1 Å². The summed E-state index contributed by atoms with van der Waals surface area (Å²) in [4.78, 5) is 15.7.